The molecule has 0 saturated heterocycles. The third-order valence-corrected chi connectivity index (χ3v) is 11.7. The average Bonchev–Trinajstić information content (AvgIpc) is 3.97. The largest absolute Gasteiger partial charge is 0.308 e. The van der Waals surface area contributed by atoms with E-state index >= 15 is 0 Å². The topological polar surface area (TPSA) is 88.2 Å². The lowest BCUT2D eigenvalue weighted by Crippen LogP contribution is -1.99. The van der Waals surface area contributed by atoms with E-state index in [1.54, 1.807) is 18.2 Å². The molecule has 0 unspecified atom stereocenters. The van der Waals surface area contributed by atoms with Crippen molar-refractivity contribution in [3.63, 3.8) is 0 Å². The highest BCUT2D eigenvalue weighted by atomic mass is 32.2. The summed E-state index contributed by atoms with van der Waals surface area (Å²) < 4.78 is 7.06. The molecule has 0 N–H and O–H groups in total. The molecule has 0 atom stereocenters. The number of rotatable bonds is 5. The second-order valence-corrected chi connectivity index (χ2v) is 15.2. The summed E-state index contributed by atoms with van der Waals surface area (Å²) in [6.07, 6.45) is 5.47. The molecular weight excluding hydrogens is 767 g/mol. The van der Waals surface area contributed by atoms with Crippen molar-refractivity contribution in [2.45, 2.75) is 30.6 Å². The van der Waals surface area contributed by atoms with Crippen molar-refractivity contribution in [2.75, 3.05) is 0 Å². The van der Waals surface area contributed by atoms with Crippen LogP contribution in [0.2, 0.25) is 0 Å². The fraction of sp³-hybridized carbons (Fsp3) is 0.0566. The number of aromatic nitrogens is 5. The van der Waals surface area contributed by atoms with E-state index in [-0.39, 0.29) is 0 Å². The summed E-state index contributed by atoms with van der Waals surface area (Å²) in [5.74, 6) is 1.69. The van der Waals surface area contributed by atoms with Gasteiger partial charge in [0.15, 0.2) is 0 Å². The van der Waals surface area contributed by atoms with Crippen LogP contribution in [0.3, 0.4) is 0 Å². The van der Waals surface area contributed by atoms with Gasteiger partial charge in [-0.3, -0.25) is 9.13 Å². The van der Waals surface area contributed by atoms with E-state index in [4.69, 9.17) is 9.97 Å². The molecule has 5 aromatic heterocycles. The van der Waals surface area contributed by atoms with Gasteiger partial charge in [-0.15, -0.1) is 6.58 Å². The highest BCUT2D eigenvalue weighted by Crippen LogP contribution is 2.50. The van der Waals surface area contributed by atoms with Crippen molar-refractivity contribution < 1.29 is 0 Å². The molecule has 7 nitrogen and oxygen atoms in total. The van der Waals surface area contributed by atoms with Crippen molar-refractivity contribution >= 4 is 77.2 Å². The summed E-state index contributed by atoms with van der Waals surface area (Å²) in [7, 11) is 0. The Kier molecular flexibility index (Phi) is 10.4. The zero-order chi connectivity index (χ0) is 42.0. The molecule has 0 aliphatic carbocycles. The lowest BCUT2D eigenvalue weighted by atomic mass is 10.0. The van der Waals surface area contributed by atoms with Crippen LogP contribution in [0.25, 0.3) is 82.7 Å². The van der Waals surface area contributed by atoms with Gasteiger partial charge in [-0.25, -0.2) is 9.97 Å². The Bertz CT molecular complexity index is 3440. The third-order valence-electron chi connectivity index (χ3n) is 10.6. The minimum Gasteiger partial charge on any atom is -0.308 e. The van der Waals surface area contributed by atoms with E-state index in [1.807, 2.05) is 63.5 Å². The molecule has 0 aliphatic heterocycles. The minimum atomic E-state index is 0.472. The Morgan fingerprint density at radius 1 is 0.541 bits per heavy atom. The number of benzene rings is 6. The zero-order valence-corrected chi connectivity index (χ0v) is 34.7. The third kappa shape index (κ3) is 6.29. The molecule has 0 aliphatic rings. The summed E-state index contributed by atoms with van der Waals surface area (Å²) in [4.78, 5) is 11.7. The number of fused-ring (bicyclic) bond motifs is 12. The van der Waals surface area contributed by atoms with Gasteiger partial charge < -0.3 is 4.57 Å². The smallest absolute Gasteiger partial charge is 0.137 e. The number of nitriles is 2. The van der Waals surface area contributed by atoms with Gasteiger partial charge in [0.1, 0.15) is 17.7 Å². The Balaban J connectivity index is 0.000000914. The zero-order valence-electron chi connectivity index (χ0n) is 33.9. The van der Waals surface area contributed by atoms with E-state index in [0.717, 1.165) is 92.5 Å². The van der Waals surface area contributed by atoms with E-state index in [1.165, 1.54) is 11.8 Å². The number of pyridine rings is 2. The second kappa shape index (κ2) is 16.4. The van der Waals surface area contributed by atoms with Crippen molar-refractivity contribution in [3.05, 3.63) is 188 Å². The number of nitrogens with zero attached hydrogens (tertiary/aromatic N) is 7. The first kappa shape index (κ1) is 38.6. The SMILES string of the molecule is C=CC.CC.N#Cc1ccc(Sc2ccc(-n3c4ccccc4c4c3c3c5ccccc5n(-c5ccccn5)c3c3c5ccccc5n(-c5ccccn5)c43)cc2)c(C#N)c1. The predicted octanol–water partition coefficient (Wildman–Crippen LogP) is 13.9. The quantitative estimate of drug-likeness (QED) is 0.162. The van der Waals surface area contributed by atoms with Crippen LogP contribution in [0, 0.1) is 22.7 Å². The Labute approximate surface area is 357 Å². The van der Waals surface area contributed by atoms with Crippen LogP contribution in [0.5, 0.6) is 0 Å². The van der Waals surface area contributed by atoms with Crippen LogP contribution >= 0.6 is 11.8 Å². The Morgan fingerprint density at radius 2 is 0.984 bits per heavy atom. The molecule has 0 bridgehead atoms. The number of allylic oxidation sites excluding steroid dienone is 1. The molecule has 292 valence electrons. The Morgan fingerprint density at radius 3 is 1.43 bits per heavy atom. The number of hydrogen-bond donors (Lipinski definition) is 0. The van der Waals surface area contributed by atoms with Gasteiger partial charge in [0.2, 0.25) is 0 Å². The normalized spacial score (nSPS) is 11.0. The van der Waals surface area contributed by atoms with Crippen molar-refractivity contribution in [2.24, 2.45) is 0 Å². The lowest BCUT2D eigenvalue weighted by Gasteiger charge is -2.13. The van der Waals surface area contributed by atoms with Gasteiger partial charge in [-0.2, -0.15) is 10.5 Å². The van der Waals surface area contributed by atoms with Crippen molar-refractivity contribution in [1.29, 1.82) is 10.5 Å². The molecule has 5 heterocycles. The molecule has 61 heavy (non-hydrogen) atoms. The molecule has 0 saturated carbocycles. The van der Waals surface area contributed by atoms with Crippen LogP contribution in [0.15, 0.2) is 186 Å². The molecular formula is C53H39N7S. The van der Waals surface area contributed by atoms with Gasteiger partial charge in [0.25, 0.3) is 0 Å². The first-order valence-corrected chi connectivity index (χ1v) is 21.0. The maximum Gasteiger partial charge on any atom is 0.137 e. The molecule has 11 aromatic rings. The summed E-state index contributed by atoms with van der Waals surface area (Å²) >= 11 is 1.52. The summed E-state index contributed by atoms with van der Waals surface area (Å²) in [5, 5.41) is 26.1. The Hall–Kier alpha value is -7.91. The van der Waals surface area contributed by atoms with Gasteiger partial charge in [0, 0.05) is 60.2 Å². The highest BCUT2D eigenvalue weighted by Gasteiger charge is 2.29. The van der Waals surface area contributed by atoms with Gasteiger partial charge >= 0.3 is 0 Å². The maximum atomic E-state index is 9.85. The molecule has 8 heteroatoms. The second-order valence-electron chi connectivity index (χ2n) is 14.0. The fourth-order valence-corrected chi connectivity index (χ4v) is 9.31. The number of para-hydroxylation sites is 3. The van der Waals surface area contributed by atoms with Gasteiger partial charge in [-0.1, -0.05) is 98.4 Å². The van der Waals surface area contributed by atoms with Crippen LogP contribution in [-0.2, 0) is 0 Å². The maximum absolute atomic E-state index is 9.85. The standard InChI is InChI=1S/C48H27N7S.C3H6.C2H6/c49-28-30-19-24-40(31(27-30)29-50)56-33-22-20-32(21-23-33)53-37-14-4-1-11-34(37)43-46(53)44-35-12-2-5-15-38(35)54(41-17-7-9-25-51-41)48(44)45-36-13-3-6-16-39(36)55(47(43)45)42-18-8-10-26-52-42;1-3-2;1-2/h1-27H;3H,1H2,2H3;1-2H3. The highest BCUT2D eigenvalue weighted by molar-refractivity contribution is 7.99. The lowest BCUT2D eigenvalue weighted by molar-refractivity contribution is 1.08. The summed E-state index contributed by atoms with van der Waals surface area (Å²) in [6, 6.07) is 56.3. The monoisotopic (exact) mass is 805 g/mol. The fourth-order valence-electron chi connectivity index (χ4n) is 8.43. The van der Waals surface area contributed by atoms with E-state index in [0.29, 0.717) is 11.1 Å². The molecule has 0 amide bonds. The minimum absolute atomic E-state index is 0.472. The number of hydrogen-bond acceptors (Lipinski definition) is 5. The van der Waals surface area contributed by atoms with Crippen LogP contribution in [0.1, 0.15) is 31.9 Å². The molecule has 6 aromatic carbocycles. The van der Waals surface area contributed by atoms with Crippen LogP contribution in [0.4, 0.5) is 0 Å². The van der Waals surface area contributed by atoms with Gasteiger partial charge in [-0.05, 0) is 91.9 Å². The van der Waals surface area contributed by atoms with Crippen molar-refractivity contribution in [3.8, 4) is 29.5 Å². The van der Waals surface area contributed by atoms with E-state index in [9.17, 15) is 10.5 Å². The first-order chi connectivity index (χ1) is 30.1. The van der Waals surface area contributed by atoms with Crippen LogP contribution < -0.4 is 0 Å². The molecule has 0 spiro atoms. The molecule has 0 radical (unpaired) electrons. The first-order valence-electron chi connectivity index (χ1n) is 20.2. The predicted molar refractivity (Wildman–Crippen MR) is 252 cm³/mol. The van der Waals surface area contributed by atoms with Crippen LogP contribution in [-0.4, -0.2) is 23.7 Å². The summed E-state index contributed by atoms with van der Waals surface area (Å²) in [6.45, 7) is 9.25. The van der Waals surface area contributed by atoms with Crippen molar-refractivity contribution in [1.82, 2.24) is 23.7 Å². The van der Waals surface area contributed by atoms with E-state index in [2.05, 4.69) is 142 Å². The molecule has 0 fully saturated rings. The summed E-state index contributed by atoms with van der Waals surface area (Å²) in [5.41, 5.74) is 8.46. The molecule has 11 rings (SSSR count). The van der Waals surface area contributed by atoms with Gasteiger partial charge in [0.05, 0.1) is 50.3 Å². The average molecular weight is 806 g/mol. The van der Waals surface area contributed by atoms with E-state index < -0.39 is 0 Å².